The van der Waals surface area contributed by atoms with Crippen LogP contribution in [-0.2, 0) is 14.6 Å². The second-order valence-corrected chi connectivity index (χ2v) is 16.3. The minimum Gasteiger partial charge on any atom is -0.506 e. The molecule has 5 aromatic carbocycles. The largest absolute Gasteiger partial charge is 0.506 e. The molecule has 2 heterocycles. The Labute approximate surface area is 357 Å². The highest BCUT2D eigenvalue weighted by Crippen LogP contribution is 2.41. The van der Waals surface area contributed by atoms with Crippen molar-refractivity contribution >= 4 is 61.2 Å². The van der Waals surface area contributed by atoms with Crippen LogP contribution in [-0.4, -0.2) is 68.1 Å². The number of aromatic hydroxyl groups is 1. The topological polar surface area (TPSA) is 231 Å². The second kappa shape index (κ2) is 18.4. The summed E-state index contributed by atoms with van der Waals surface area (Å²) in [5.74, 6) is 5.22. The molecule has 0 unspecified atom stereocenters. The van der Waals surface area contributed by atoms with Crippen LogP contribution in [0.1, 0.15) is 56.4 Å². The van der Waals surface area contributed by atoms with Gasteiger partial charge in [-0.25, -0.2) is 8.42 Å². The van der Waals surface area contributed by atoms with Crippen molar-refractivity contribution in [3.8, 4) is 29.1 Å². The van der Waals surface area contributed by atoms with Crippen LogP contribution >= 0.6 is 0 Å². The Kier molecular flexibility index (Phi) is 12.7. The van der Waals surface area contributed by atoms with Crippen LogP contribution in [0, 0.1) is 18.8 Å². The summed E-state index contributed by atoms with van der Waals surface area (Å²) in [6.45, 7) is 2.32. The summed E-state index contributed by atoms with van der Waals surface area (Å²) in [6.07, 6.45) is 1.71. The van der Waals surface area contributed by atoms with Gasteiger partial charge in [0.1, 0.15) is 17.2 Å². The van der Waals surface area contributed by atoms with Gasteiger partial charge in [-0.1, -0.05) is 24.0 Å². The summed E-state index contributed by atoms with van der Waals surface area (Å²) in [5, 5.41) is 32.8. The van der Waals surface area contributed by atoms with Crippen LogP contribution in [0.3, 0.4) is 0 Å². The lowest BCUT2D eigenvalue weighted by molar-refractivity contribution is -0.118. The van der Waals surface area contributed by atoms with Crippen molar-refractivity contribution in [2.24, 2.45) is 5.73 Å². The third kappa shape index (κ3) is 9.45. The molecule has 1 aliphatic heterocycles. The molecule has 1 aromatic heterocycles. The Bertz CT molecular complexity index is 2890. The van der Waals surface area contributed by atoms with E-state index in [2.05, 4.69) is 38.1 Å². The summed E-state index contributed by atoms with van der Waals surface area (Å²) >= 11 is 0. The van der Waals surface area contributed by atoms with Gasteiger partial charge in [-0.2, -0.15) is 0 Å². The maximum atomic E-state index is 14.1. The van der Waals surface area contributed by atoms with Crippen molar-refractivity contribution in [2.45, 2.75) is 35.7 Å². The third-order valence-electron chi connectivity index (χ3n) is 9.96. The van der Waals surface area contributed by atoms with Crippen molar-refractivity contribution in [2.75, 3.05) is 42.8 Å². The number of carbonyl (C=O) groups is 3. The quantitative estimate of drug-likeness (QED) is 0.0382. The summed E-state index contributed by atoms with van der Waals surface area (Å²) < 4.78 is 39.1. The van der Waals surface area contributed by atoms with Crippen molar-refractivity contribution in [3.63, 3.8) is 0 Å². The van der Waals surface area contributed by atoms with Gasteiger partial charge in [0, 0.05) is 58.7 Å². The molecule has 0 saturated carbocycles. The monoisotopic (exact) mass is 854 g/mol. The average molecular weight is 855 g/mol. The molecule has 1 aliphatic rings. The average Bonchev–Trinajstić information content (AvgIpc) is 3.27. The van der Waals surface area contributed by atoms with Gasteiger partial charge < -0.3 is 46.7 Å². The molecule has 0 bridgehead atoms. The molecular formula is C46H42N6O9S. The van der Waals surface area contributed by atoms with Crippen LogP contribution in [0.5, 0.6) is 17.2 Å². The molecule has 0 fully saturated rings. The summed E-state index contributed by atoms with van der Waals surface area (Å²) in [6, 6.07) is 25.6. The Balaban J connectivity index is 0.971. The van der Waals surface area contributed by atoms with Gasteiger partial charge in [0.15, 0.2) is 12.4 Å². The number of aliphatic hydroxyl groups is 1. The number of aromatic nitrogens is 1. The third-order valence-corrected chi connectivity index (χ3v) is 11.7. The fourth-order valence-electron chi connectivity index (χ4n) is 6.81. The first-order valence-electron chi connectivity index (χ1n) is 19.4. The van der Waals surface area contributed by atoms with E-state index in [0.717, 1.165) is 5.56 Å². The Hall–Kier alpha value is -7.45. The predicted octanol–water partition coefficient (Wildman–Crippen LogP) is 5.97. The van der Waals surface area contributed by atoms with Crippen molar-refractivity contribution < 1.29 is 42.5 Å². The van der Waals surface area contributed by atoms with Crippen LogP contribution in [0.25, 0.3) is 10.9 Å². The summed E-state index contributed by atoms with van der Waals surface area (Å²) in [7, 11) is -2.66. The maximum absolute atomic E-state index is 14.1. The number of anilines is 4. The van der Waals surface area contributed by atoms with Crippen molar-refractivity contribution in [3.05, 3.63) is 131 Å². The van der Waals surface area contributed by atoms with Crippen LogP contribution in [0.15, 0.2) is 113 Å². The van der Waals surface area contributed by atoms with Crippen molar-refractivity contribution in [1.82, 2.24) is 10.3 Å². The van der Waals surface area contributed by atoms with Crippen LogP contribution < -0.4 is 36.5 Å². The van der Waals surface area contributed by atoms with E-state index in [0.29, 0.717) is 58.5 Å². The number of ether oxygens (including phenoxy) is 2. The zero-order chi connectivity index (χ0) is 44.0. The highest BCUT2D eigenvalue weighted by molar-refractivity contribution is 7.91. The van der Waals surface area contributed by atoms with Gasteiger partial charge >= 0.3 is 0 Å². The minimum atomic E-state index is -4.18. The number of benzene rings is 5. The van der Waals surface area contributed by atoms with Gasteiger partial charge in [0.2, 0.25) is 9.84 Å². The SMILES string of the molecule is COc1cccc(Nc2c(C(N)=O)cnc3c(C)cc(S(=O)(=O)c4cccc(C(=O)Nc5ccc(C#CCCCNC[C@H](O)c6ccc(O)c7c6OCC(=O)N7)cc5)c4)cc23)c1. The van der Waals surface area contributed by atoms with E-state index >= 15 is 0 Å². The molecule has 0 saturated heterocycles. The molecule has 0 spiro atoms. The number of phenols is 1. The van der Waals surface area contributed by atoms with E-state index < -0.39 is 27.8 Å². The first-order chi connectivity index (χ1) is 29.8. The number of fused-ring (bicyclic) bond motifs is 2. The number of carbonyl (C=O) groups excluding carboxylic acids is 3. The smallest absolute Gasteiger partial charge is 0.262 e. The molecule has 0 radical (unpaired) electrons. The number of unbranched alkanes of at least 4 members (excludes halogenated alkanes) is 1. The van der Waals surface area contributed by atoms with Gasteiger partial charge in [-0.05, 0) is 104 Å². The molecule has 7 rings (SSSR count). The number of methoxy groups -OCH3 is 1. The number of hydrogen-bond donors (Lipinski definition) is 7. The van der Waals surface area contributed by atoms with Crippen molar-refractivity contribution in [1.29, 1.82) is 0 Å². The van der Waals surface area contributed by atoms with E-state index in [9.17, 15) is 33.0 Å². The Morgan fingerprint density at radius 2 is 1.79 bits per heavy atom. The highest BCUT2D eigenvalue weighted by Gasteiger charge is 2.26. The molecule has 15 nitrogen and oxygen atoms in total. The van der Waals surface area contributed by atoms with Crippen LogP contribution in [0.2, 0.25) is 0 Å². The molecule has 0 aliphatic carbocycles. The second-order valence-electron chi connectivity index (χ2n) is 14.3. The minimum absolute atomic E-state index is 0.0633. The zero-order valence-electron chi connectivity index (χ0n) is 33.6. The molecule has 3 amide bonds. The number of amides is 3. The molecule has 1 atom stereocenters. The molecule has 8 N–H and O–H groups in total. The number of aliphatic hydroxyl groups excluding tert-OH is 1. The number of rotatable bonds is 14. The standard InChI is InChI=1S/C46H42N6O9S/c1-27-20-34(23-36-41(27)49-24-37(45(47)56)42(36)50-31-10-7-11-32(22-31)60-2)62(58,59)33-12-6-9-29(21-33)46(57)51-30-15-13-28(14-16-30)8-4-3-5-19-48-25-39(54)35-17-18-38(53)43-44(35)61-26-40(55)52-43/h6-7,9-18,20-24,39,48,53-54H,3,5,19,25-26H2,1-2H3,(H2,47,56)(H,49,50)(H,51,57)(H,52,55)/t39-/m0/s1. The van der Waals surface area contributed by atoms with E-state index in [1.54, 1.807) is 61.5 Å². The summed E-state index contributed by atoms with van der Waals surface area (Å²) in [5.41, 5.74) is 9.58. The van der Waals surface area contributed by atoms with Gasteiger partial charge in [0.25, 0.3) is 17.7 Å². The van der Waals surface area contributed by atoms with Crippen LogP contribution in [0.4, 0.5) is 22.7 Å². The zero-order valence-corrected chi connectivity index (χ0v) is 34.4. The molecule has 62 heavy (non-hydrogen) atoms. The lowest BCUT2D eigenvalue weighted by Gasteiger charge is -2.23. The normalized spacial score (nSPS) is 12.5. The number of aryl methyl sites for hydroxylation is 1. The number of sulfone groups is 1. The van der Waals surface area contributed by atoms with E-state index in [-0.39, 0.29) is 62.9 Å². The van der Waals surface area contributed by atoms with E-state index in [4.69, 9.17) is 15.2 Å². The predicted molar refractivity (Wildman–Crippen MR) is 234 cm³/mol. The van der Waals surface area contributed by atoms with E-state index in [1.165, 1.54) is 55.8 Å². The van der Waals surface area contributed by atoms with Gasteiger partial charge in [-0.3, -0.25) is 19.4 Å². The number of nitrogens with one attached hydrogen (secondary N) is 4. The molecule has 6 aromatic rings. The molecule has 316 valence electrons. The number of phenolic OH excluding ortho intramolecular Hbond substituents is 1. The number of primary amides is 1. The highest BCUT2D eigenvalue weighted by atomic mass is 32.2. The number of nitrogens with zero attached hydrogens (tertiary/aromatic N) is 1. The van der Waals surface area contributed by atoms with Gasteiger partial charge in [0.05, 0.1) is 39.8 Å². The number of nitrogens with two attached hydrogens (primary N) is 1. The first kappa shape index (κ1) is 42.7. The number of pyridine rings is 1. The van der Waals surface area contributed by atoms with Gasteiger partial charge in [-0.15, -0.1) is 0 Å². The van der Waals surface area contributed by atoms with E-state index in [1.807, 2.05) is 0 Å². The fraction of sp³-hybridized carbons (Fsp3) is 0.174. The molecule has 16 heteroatoms. The maximum Gasteiger partial charge on any atom is 0.262 e. The Morgan fingerprint density at radius 3 is 2.56 bits per heavy atom. The Morgan fingerprint density at radius 1 is 1.00 bits per heavy atom. The summed E-state index contributed by atoms with van der Waals surface area (Å²) in [4.78, 5) is 41.8. The lowest BCUT2D eigenvalue weighted by atomic mass is 10.1. The first-order valence-corrected chi connectivity index (χ1v) is 20.9. The lowest BCUT2D eigenvalue weighted by Crippen LogP contribution is -2.28. The fourth-order valence-corrected chi connectivity index (χ4v) is 8.22. The molecular weight excluding hydrogens is 813 g/mol. The number of hydrogen-bond acceptors (Lipinski definition) is 12.